The van der Waals surface area contributed by atoms with Crippen LogP contribution in [0.4, 0.5) is 0 Å². The predicted molar refractivity (Wildman–Crippen MR) is 64.4 cm³/mol. The first-order valence-corrected chi connectivity index (χ1v) is 6.74. The van der Waals surface area contributed by atoms with E-state index in [1.54, 1.807) is 0 Å². The van der Waals surface area contributed by atoms with Crippen LogP contribution < -0.4 is 5.32 Å². The highest BCUT2D eigenvalue weighted by Crippen LogP contribution is 2.36. The maximum atomic E-state index is 9.49. The van der Waals surface area contributed by atoms with Gasteiger partial charge >= 0.3 is 0 Å². The molecule has 1 saturated heterocycles. The van der Waals surface area contributed by atoms with E-state index < -0.39 is 0 Å². The van der Waals surface area contributed by atoms with Crippen molar-refractivity contribution in [2.24, 2.45) is 11.3 Å². The average molecular weight is 227 g/mol. The molecule has 0 aromatic heterocycles. The number of rotatable bonds is 5. The average Bonchev–Trinajstić information content (AvgIpc) is 2.80. The van der Waals surface area contributed by atoms with E-state index in [0.717, 1.165) is 26.3 Å². The molecular formula is C13H25NO2. The molecule has 3 nitrogen and oxygen atoms in total. The Morgan fingerprint density at radius 1 is 1.25 bits per heavy atom. The summed E-state index contributed by atoms with van der Waals surface area (Å²) >= 11 is 0. The Morgan fingerprint density at radius 2 is 2.06 bits per heavy atom. The van der Waals surface area contributed by atoms with Crippen molar-refractivity contribution in [3.8, 4) is 0 Å². The van der Waals surface area contributed by atoms with Gasteiger partial charge in [-0.1, -0.05) is 12.8 Å². The molecule has 0 aromatic carbocycles. The highest BCUT2D eigenvalue weighted by atomic mass is 16.5. The van der Waals surface area contributed by atoms with Gasteiger partial charge in [-0.15, -0.1) is 0 Å². The summed E-state index contributed by atoms with van der Waals surface area (Å²) in [5.41, 5.74) is 0.190. The number of aliphatic hydroxyl groups excluding tert-OH is 1. The third-order valence-electron chi connectivity index (χ3n) is 4.19. The number of nitrogens with one attached hydrogen (secondary N) is 1. The first kappa shape index (κ1) is 12.3. The van der Waals surface area contributed by atoms with Gasteiger partial charge in [0.2, 0.25) is 0 Å². The van der Waals surface area contributed by atoms with Crippen molar-refractivity contribution in [2.45, 2.75) is 38.5 Å². The van der Waals surface area contributed by atoms with Crippen LogP contribution in [0.15, 0.2) is 0 Å². The zero-order valence-electron chi connectivity index (χ0n) is 10.2. The Labute approximate surface area is 98.6 Å². The molecule has 16 heavy (non-hydrogen) atoms. The van der Waals surface area contributed by atoms with E-state index in [4.69, 9.17) is 4.74 Å². The summed E-state index contributed by atoms with van der Waals surface area (Å²) in [5, 5.41) is 13.0. The van der Waals surface area contributed by atoms with Gasteiger partial charge in [0.05, 0.1) is 6.61 Å². The lowest BCUT2D eigenvalue weighted by Gasteiger charge is -2.29. The van der Waals surface area contributed by atoms with Crippen molar-refractivity contribution in [3.63, 3.8) is 0 Å². The van der Waals surface area contributed by atoms with E-state index in [1.807, 2.05) is 0 Å². The highest BCUT2D eigenvalue weighted by Gasteiger charge is 2.32. The molecule has 1 aliphatic carbocycles. The molecule has 2 rings (SSSR count). The van der Waals surface area contributed by atoms with E-state index in [-0.39, 0.29) is 5.41 Å². The predicted octanol–water partition coefficient (Wildman–Crippen LogP) is 1.56. The van der Waals surface area contributed by atoms with Crippen molar-refractivity contribution in [2.75, 3.05) is 32.9 Å². The van der Waals surface area contributed by atoms with Gasteiger partial charge in [-0.3, -0.25) is 0 Å². The summed E-state index contributed by atoms with van der Waals surface area (Å²) in [4.78, 5) is 0. The Hall–Kier alpha value is -0.120. The Morgan fingerprint density at radius 3 is 2.69 bits per heavy atom. The number of hydrogen-bond donors (Lipinski definition) is 2. The minimum Gasteiger partial charge on any atom is -0.396 e. The van der Waals surface area contributed by atoms with Gasteiger partial charge in [0.1, 0.15) is 0 Å². The van der Waals surface area contributed by atoms with Crippen LogP contribution in [0.5, 0.6) is 0 Å². The van der Waals surface area contributed by atoms with Gasteiger partial charge in [-0.05, 0) is 31.6 Å². The highest BCUT2D eigenvalue weighted by molar-refractivity contribution is 4.86. The van der Waals surface area contributed by atoms with Crippen LogP contribution in [0.1, 0.15) is 38.5 Å². The maximum absolute atomic E-state index is 9.49. The van der Waals surface area contributed by atoms with Gasteiger partial charge in [-0.25, -0.2) is 0 Å². The number of ether oxygens (including phenoxy) is 1. The Bertz CT molecular complexity index is 196. The van der Waals surface area contributed by atoms with Gasteiger partial charge < -0.3 is 15.2 Å². The summed E-state index contributed by atoms with van der Waals surface area (Å²) < 4.78 is 5.47. The van der Waals surface area contributed by atoms with Crippen LogP contribution in [0, 0.1) is 11.3 Å². The lowest BCUT2D eigenvalue weighted by molar-refractivity contribution is 0.0520. The van der Waals surface area contributed by atoms with Crippen molar-refractivity contribution in [1.82, 2.24) is 5.32 Å². The topological polar surface area (TPSA) is 41.5 Å². The van der Waals surface area contributed by atoms with E-state index in [0.29, 0.717) is 12.5 Å². The van der Waals surface area contributed by atoms with Crippen LogP contribution in [-0.2, 0) is 4.74 Å². The third kappa shape index (κ3) is 3.19. The molecule has 0 aromatic rings. The minimum absolute atomic E-state index is 0.190. The first-order valence-electron chi connectivity index (χ1n) is 6.74. The van der Waals surface area contributed by atoms with Gasteiger partial charge in [-0.2, -0.15) is 0 Å². The summed E-state index contributed by atoms with van der Waals surface area (Å²) in [6.45, 7) is 4.25. The standard InChI is InChI=1S/C13H25NO2/c15-11-13(5-1-2-6-13)10-14-8-12-4-3-7-16-9-12/h12,14-15H,1-11H2. The third-order valence-corrected chi connectivity index (χ3v) is 4.19. The van der Waals surface area contributed by atoms with Crippen LogP contribution in [0.25, 0.3) is 0 Å². The quantitative estimate of drug-likeness (QED) is 0.749. The fourth-order valence-corrected chi connectivity index (χ4v) is 3.03. The van der Waals surface area contributed by atoms with Gasteiger partial charge in [0, 0.05) is 31.7 Å². The Kier molecular flexibility index (Phi) is 4.62. The molecule has 2 fully saturated rings. The van der Waals surface area contributed by atoms with Crippen LogP contribution >= 0.6 is 0 Å². The van der Waals surface area contributed by atoms with Crippen molar-refractivity contribution < 1.29 is 9.84 Å². The Balaban J connectivity index is 1.66. The molecule has 2 aliphatic rings. The molecule has 1 atom stereocenters. The molecule has 1 saturated carbocycles. The minimum atomic E-state index is 0.190. The van der Waals surface area contributed by atoms with Gasteiger partial charge in [0.25, 0.3) is 0 Å². The monoisotopic (exact) mass is 227 g/mol. The maximum Gasteiger partial charge on any atom is 0.0506 e. The van der Waals surface area contributed by atoms with E-state index in [2.05, 4.69) is 5.32 Å². The van der Waals surface area contributed by atoms with E-state index >= 15 is 0 Å². The second-order valence-corrected chi connectivity index (χ2v) is 5.58. The fraction of sp³-hybridized carbons (Fsp3) is 1.00. The van der Waals surface area contributed by atoms with Crippen LogP contribution in [-0.4, -0.2) is 38.0 Å². The summed E-state index contributed by atoms with van der Waals surface area (Å²) in [7, 11) is 0. The van der Waals surface area contributed by atoms with Gasteiger partial charge in [0.15, 0.2) is 0 Å². The van der Waals surface area contributed by atoms with E-state index in [9.17, 15) is 5.11 Å². The smallest absolute Gasteiger partial charge is 0.0506 e. The zero-order chi connectivity index (χ0) is 11.3. The molecule has 0 amide bonds. The van der Waals surface area contributed by atoms with Crippen molar-refractivity contribution >= 4 is 0 Å². The normalized spacial score (nSPS) is 29.4. The lowest BCUT2D eigenvalue weighted by atomic mass is 9.87. The SMILES string of the molecule is OCC1(CNCC2CCCOC2)CCCC1. The van der Waals surface area contributed by atoms with Crippen molar-refractivity contribution in [3.05, 3.63) is 0 Å². The molecule has 94 valence electrons. The second kappa shape index (κ2) is 5.99. The summed E-state index contributed by atoms with van der Waals surface area (Å²) in [6, 6.07) is 0. The molecule has 1 aliphatic heterocycles. The lowest BCUT2D eigenvalue weighted by Crippen LogP contribution is -2.38. The number of hydrogen-bond acceptors (Lipinski definition) is 3. The number of aliphatic hydroxyl groups is 1. The van der Waals surface area contributed by atoms with Crippen molar-refractivity contribution in [1.29, 1.82) is 0 Å². The fourth-order valence-electron chi connectivity index (χ4n) is 3.03. The summed E-state index contributed by atoms with van der Waals surface area (Å²) in [6.07, 6.45) is 7.45. The molecule has 3 heteroatoms. The zero-order valence-corrected chi connectivity index (χ0v) is 10.2. The van der Waals surface area contributed by atoms with Crippen LogP contribution in [0.3, 0.4) is 0 Å². The van der Waals surface area contributed by atoms with Crippen LogP contribution in [0.2, 0.25) is 0 Å². The molecule has 0 spiro atoms. The second-order valence-electron chi connectivity index (χ2n) is 5.58. The summed E-state index contributed by atoms with van der Waals surface area (Å²) in [5.74, 6) is 0.686. The molecule has 1 heterocycles. The molecule has 2 N–H and O–H groups in total. The molecule has 0 radical (unpaired) electrons. The first-order chi connectivity index (χ1) is 7.85. The molecular weight excluding hydrogens is 202 g/mol. The molecule has 1 unspecified atom stereocenters. The molecule has 0 bridgehead atoms. The largest absolute Gasteiger partial charge is 0.396 e. The van der Waals surface area contributed by atoms with E-state index in [1.165, 1.54) is 38.5 Å².